The average molecular weight is 476 g/mol. The van der Waals surface area contributed by atoms with Crippen LogP contribution in [-0.2, 0) is 13.1 Å². The number of benzene rings is 3. The van der Waals surface area contributed by atoms with Crippen LogP contribution in [0, 0.1) is 12.7 Å². The fraction of sp³-hybridized carbons (Fsp3) is 0.321. The normalized spacial score (nSPS) is 15.3. The third-order valence-electron chi connectivity index (χ3n) is 6.77. The molecule has 0 spiro atoms. The quantitative estimate of drug-likeness (QED) is 0.525. The maximum absolute atomic E-state index is 13.5. The Morgan fingerprint density at radius 1 is 0.971 bits per heavy atom. The number of piperidine rings is 1. The van der Waals surface area contributed by atoms with E-state index in [1.54, 1.807) is 6.07 Å². The van der Waals surface area contributed by atoms with Crippen LogP contribution in [-0.4, -0.2) is 31.8 Å². The fourth-order valence-electron chi connectivity index (χ4n) is 4.59. The van der Waals surface area contributed by atoms with Gasteiger partial charge in [0.05, 0.1) is 0 Å². The minimum Gasteiger partial charge on any atom is -0.454 e. The van der Waals surface area contributed by atoms with Crippen LogP contribution in [0.1, 0.15) is 39.9 Å². The Morgan fingerprint density at radius 3 is 2.54 bits per heavy atom. The molecule has 0 radical (unpaired) electrons. The van der Waals surface area contributed by atoms with E-state index in [0.29, 0.717) is 30.4 Å². The van der Waals surface area contributed by atoms with Crippen LogP contribution < -0.4 is 25.0 Å². The third-order valence-corrected chi connectivity index (χ3v) is 6.77. The molecule has 3 aromatic carbocycles. The summed E-state index contributed by atoms with van der Waals surface area (Å²) in [6, 6.07) is 18.8. The molecule has 1 amide bonds. The topological polar surface area (TPSA) is 62.8 Å². The van der Waals surface area contributed by atoms with Gasteiger partial charge in [-0.25, -0.2) is 4.39 Å². The van der Waals surface area contributed by atoms with Gasteiger partial charge in [0, 0.05) is 43.5 Å². The third kappa shape index (κ3) is 5.57. The number of anilines is 1. The lowest BCUT2D eigenvalue weighted by molar-refractivity contribution is 0.0951. The summed E-state index contributed by atoms with van der Waals surface area (Å²) in [6.45, 7) is 5.24. The minimum atomic E-state index is -0.188. The summed E-state index contributed by atoms with van der Waals surface area (Å²) in [5.41, 5.74) is 4.84. The smallest absolute Gasteiger partial charge is 0.251 e. The molecule has 7 heteroatoms. The molecule has 0 atom stereocenters. The highest BCUT2D eigenvalue weighted by Gasteiger charge is 2.20. The van der Waals surface area contributed by atoms with E-state index in [0.717, 1.165) is 54.1 Å². The van der Waals surface area contributed by atoms with Crippen LogP contribution in [0.25, 0.3) is 0 Å². The standard InChI is InChI=1S/C28H30FN3O3/c1-19-2-6-23(29)15-22(19)17-30-24-10-12-32(13-11-24)25-7-4-21(5-8-25)28(33)31-16-20-3-9-26-27(14-20)35-18-34-26/h2-9,14-15,24,30H,10-13,16-18H2,1H3,(H,31,33). The van der Waals surface area contributed by atoms with E-state index >= 15 is 0 Å². The zero-order chi connectivity index (χ0) is 24.2. The van der Waals surface area contributed by atoms with Crippen LogP contribution in [0.5, 0.6) is 11.5 Å². The highest BCUT2D eigenvalue weighted by molar-refractivity contribution is 5.94. The number of ether oxygens (including phenoxy) is 2. The van der Waals surface area contributed by atoms with E-state index in [2.05, 4.69) is 15.5 Å². The number of fused-ring (bicyclic) bond motifs is 1. The number of nitrogens with zero attached hydrogens (tertiary/aromatic N) is 1. The van der Waals surface area contributed by atoms with Crippen LogP contribution in [0.4, 0.5) is 10.1 Å². The Morgan fingerprint density at radius 2 is 1.74 bits per heavy atom. The van der Waals surface area contributed by atoms with Gasteiger partial charge >= 0.3 is 0 Å². The predicted molar refractivity (Wildman–Crippen MR) is 133 cm³/mol. The number of rotatable bonds is 7. The maximum Gasteiger partial charge on any atom is 0.251 e. The van der Waals surface area contributed by atoms with E-state index in [9.17, 15) is 9.18 Å². The van der Waals surface area contributed by atoms with Gasteiger partial charge in [0.1, 0.15) is 5.82 Å². The van der Waals surface area contributed by atoms with Crippen LogP contribution in [0.3, 0.4) is 0 Å². The number of hydrogen-bond acceptors (Lipinski definition) is 5. The SMILES string of the molecule is Cc1ccc(F)cc1CNC1CCN(c2ccc(C(=O)NCc3ccc4c(c3)OCO4)cc2)CC1. The predicted octanol–water partition coefficient (Wildman–Crippen LogP) is 4.55. The van der Waals surface area contributed by atoms with Crippen LogP contribution >= 0.6 is 0 Å². The van der Waals surface area contributed by atoms with Gasteiger partial charge in [-0.3, -0.25) is 4.79 Å². The molecule has 182 valence electrons. The van der Waals surface area contributed by atoms with Gasteiger partial charge in [-0.05, 0) is 85.0 Å². The van der Waals surface area contributed by atoms with Gasteiger partial charge < -0.3 is 25.0 Å². The van der Waals surface area contributed by atoms with Gasteiger partial charge in [0.2, 0.25) is 6.79 Å². The number of halogens is 1. The van der Waals surface area contributed by atoms with Crippen molar-refractivity contribution in [3.05, 3.63) is 88.7 Å². The molecule has 2 aliphatic rings. The van der Waals surface area contributed by atoms with Crippen molar-refractivity contribution >= 4 is 11.6 Å². The van der Waals surface area contributed by atoms with Crippen LogP contribution in [0.2, 0.25) is 0 Å². The van der Waals surface area contributed by atoms with Crippen molar-refractivity contribution in [2.75, 3.05) is 24.8 Å². The molecule has 1 saturated heterocycles. The summed E-state index contributed by atoms with van der Waals surface area (Å²) in [5, 5.41) is 6.55. The molecule has 0 bridgehead atoms. The molecule has 2 N–H and O–H groups in total. The number of aryl methyl sites for hydroxylation is 1. The second-order valence-electron chi connectivity index (χ2n) is 9.13. The minimum absolute atomic E-state index is 0.107. The first-order valence-corrected chi connectivity index (χ1v) is 12.1. The molecule has 1 fully saturated rings. The Bertz CT molecular complexity index is 1190. The number of carbonyl (C=O) groups is 1. The lowest BCUT2D eigenvalue weighted by Crippen LogP contribution is -2.42. The lowest BCUT2D eigenvalue weighted by atomic mass is 10.0. The summed E-state index contributed by atoms with van der Waals surface area (Å²) in [5.74, 6) is 1.15. The number of nitrogens with one attached hydrogen (secondary N) is 2. The van der Waals surface area contributed by atoms with Crippen LogP contribution in [0.15, 0.2) is 60.7 Å². The second-order valence-corrected chi connectivity index (χ2v) is 9.13. The number of hydrogen-bond donors (Lipinski definition) is 2. The first kappa shape index (κ1) is 23.2. The van der Waals surface area contributed by atoms with E-state index in [1.165, 1.54) is 6.07 Å². The zero-order valence-electron chi connectivity index (χ0n) is 19.9. The molecule has 2 heterocycles. The van der Waals surface area contributed by atoms with Crippen molar-refractivity contribution in [3.63, 3.8) is 0 Å². The first-order chi connectivity index (χ1) is 17.0. The van der Waals surface area contributed by atoms with E-state index in [1.807, 2.05) is 55.5 Å². The van der Waals surface area contributed by atoms with Gasteiger partial charge in [-0.2, -0.15) is 0 Å². The summed E-state index contributed by atoms with van der Waals surface area (Å²) < 4.78 is 24.2. The van der Waals surface area contributed by atoms with Gasteiger partial charge in [0.25, 0.3) is 5.91 Å². The Labute approximate surface area is 205 Å². The molecule has 0 saturated carbocycles. The van der Waals surface area contributed by atoms with E-state index < -0.39 is 0 Å². The van der Waals surface area contributed by atoms with Gasteiger partial charge in [-0.15, -0.1) is 0 Å². The number of amides is 1. The van der Waals surface area contributed by atoms with E-state index in [4.69, 9.17) is 9.47 Å². The largest absolute Gasteiger partial charge is 0.454 e. The summed E-state index contributed by atoms with van der Waals surface area (Å²) in [6.07, 6.45) is 2.04. The van der Waals surface area contributed by atoms with Crippen molar-refractivity contribution in [2.45, 2.75) is 38.9 Å². The Balaban J connectivity index is 1.09. The lowest BCUT2D eigenvalue weighted by Gasteiger charge is -2.34. The molecule has 35 heavy (non-hydrogen) atoms. The van der Waals surface area contributed by atoms with Gasteiger partial charge in [-0.1, -0.05) is 12.1 Å². The summed E-state index contributed by atoms with van der Waals surface area (Å²) in [7, 11) is 0. The molecule has 5 rings (SSSR count). The van der Waals surface area contributed by atoms with Crippen molar-refractivity contribution in [1.82, 2.24) is 10.6 Å². The highest BCUT2D eigenvalue weighted by atomic mass is 19.1. The molecule has 0 aromatic heterocycles. The molecular formula is C28H30FN3O3. The number of carbonyl (C=O) groups excluding carboxylic acids is 1. The average Bonchev–Trinajstić information content (AvgIpc) is 3.36. The maximum atomic E-state index is 13.5. The monoisotopic (exact) mass is 475 g/mol. The zero-order valence-corrected chi connectivity index (χ0v) is 19.9. The van der Waals surface area contributed by atoms with Crippen molar-refractivity contribution in [1.29, 1.82) is 0 Å². The molecule has 0 unspecified atom stereocenters. The molecule has 2 aliphatic heterocycles. The van der Waals surface area contributed by atoms with Gasteiger partial charge in [0.15, 0.2) is 11.5 Å². The second kappa shape index (κ2) is 10.4. The Hall–Kier alpha value is -3.58. The molecular weight excluding hydrogens is 445 g/mol. The summed E-state index contributed by atoms with van der Waals surface area (Å²) in [4.78, 5) is 15.0. The first-order valence-electron chi connectivity index (χ1n) is 12.1. The molecule has 6 nitrogen and oxygen atoms in total. The molecule has 0 aliphatic carbocycles. The highest BCUT2D eigenvalue weighted by Crippen LogP contribution is 2.32. The van der Waals surface area contributed by atoms with Crippen molar-refractivity contribution < 1.29 is 18.7 Å². The fourth-order valence-corrected chi connectivity index (χ4v) is 4.59. The molecule has 3 aromatic rings. The van der Waals surface area contributed by atoms with E-state index in [-0.39, 0.29) is 18.5 Å². The Kier molecular flexibility index (Phi) is 6.86. The van der Waals surface area contributed by atoms with Crippen molar-refractivity contribution in [3.8, 4) is 11.5 Å². The summed E-state index contributed by atoms with van der Waals surface area (Å²) >= 11 is 0. The van der Waals surface area contributed by atoms with Crippen molar-refractivity contribution in [2.24, 2.45) is 0 Å².